The van der Waals surface area contributed by atoms with Gasteiger partial charge in [0.2, 0.25) is 11.8 Å². The van der Waals surface area contributed by atoms with Gasteiger partial charge in [-0.05, 0) is 6.92 Å². The van der Waals surface area contributed by atoms with Crippen molar-refractivity contribution in [1.29, 1.82) is 0 Å². The molecular weight excluding hydrogens is 1070 g/mol. The molecule has 2 amide bonds. The van der Waals surface area contributed by atoms with E-state index in [1.54, 1.807) is 0 Å². The minimum Gasteiger partial charge on any atom is -0.477 e. The van der Waals surface area contributed by atoms with Gasteiger partial charge in [0.15, 0.2) is 25.2 Å². The molecule has 0 unspecified atom stereocenters. The lowest BCUT2D eigenvalue weighted by molar-refractivity contribution is -0.390. The van der Waals surface area contributed by atoms with Crippen LogP contribution in [0.3, 0.4) is 0 Å². The summed E-state index contributed by atoms with van der Waals surface area (Å²) in [5.41, 5.74) is 0. The molecule has 5 fully saturated rings. The van der Waals surface area contributed by atoms with Crippen LogP contribution >= 0.6 is 0 Å². The molecule has 22 N–H and O–H groups in total. The Balaban J connectivity index is 1.61. The summed E-state index contributed by atoms with van der Waals surface area (Å²) in [7, 11) is 0. The molecule has 5 aliphatic rings. The van der Waals surface area contributed by atoms with Crippen LogP contribution in [0.1, 0.15) is 27.2 Å². The molecule has 0 saturated carbocycles. The van der Waals surface area contributed by atoms with Crippen molar-refractivity contribution in [3.63, 3.8) is 0 Å². The number of rotatable bonds is 24. The molecule has 35 heteroatoms. The van der Waals surface area contributed by atoms with Crippen molar-refractivity contribution in [2.45, 2.75) is 211 Å². The average molecular weight is 1150 g/mol. The van der Waals surface area contributed by atoms with Crippen LogP contribution in [-0.4, -0.2) is 343 Å². The number of aliphatic carboxylic acids is 1. The molecule has 0 radical (unpaired) electrons. The van der Waals surface area contributed by atoms with E-state index in [1.165, 1.54) is 6.92 Å². The van der Waals surface area contributed by atoms with Gasteiger partial charge in [-0.2, -0.15) is 0 Å². The van der Waals surface area contributed by atoms with Gasteiger partial charge in [0.1, 0.15) is 134 Å². The Hall–Kier alpha value is -2.75. The van der Waals surface area contributed by atoms with Gasteiger partial charge in [0.05, 0.1) is 57.9 Å². The van der Waals surface area contributed by atoms with Gasteiger partial charge in [-0.3, -0.25) is 9.59 Å². The molecule has 5 heterocycles. The van der Waals surface area contributed by atoms with Crippen LogP contribution in [0.15, 0.2) is 0 Å². The topological polar surface area (TPSA) is 572 Å². The number of nitrogens with one attached hydrogen (secondary N) is 2. The minimum absolute atomic E-state index is 0.842. The standard InChI is InChI=1S/C43H74N2O33/c1-11-23(57)29(63)31(65)39(70-11)77-37-30(64)26(60)18(8-49)72-41(37)75-34-22(45-13(3)52)38(76-36-27(61)19(9-50)71-40(32(36)66)74-33(17(56)7-48)24(58)15(54)5-46)73-20(28(34)62)10-69-43(42(67)68)4-14(53)21(44-12(2)51)35(78-43)25(59)16(55)6-47/h11,14-41,46-50,53-66H,4-10H2,1-3H3,(H,44,51)(H,45,52)(H,67,68)/t11-,14-,15-,16+,17+,18+,19+,20+,21+,22+,23+,24+,25+,26-,27-,28+,29+,30-,31-,32+,33+,34+,35+,36-,37+,38-,39-,40-,41-,43+/m0/s1. The van der Waals surface area contributed by atoms with Crippen LogP contribution < -0.4 is 10.6 Å². The van der Waals surface area contributed by atoms with Crippen molar-refractivity contribution in [3.8, 4) is 0 Å². The zero-order chi connectivity index (χ0) is 58.4. The summed E-state index contributed by atoms with van der Waals surface area (Å²) < 4.78 is 57.8. The number of ether oxygens (including phenoxy) is 10. The quantitative estimate of drug-likeness (QED) is 0.0427. The number of aliphatic hydroxyl groups is 19. The van der Waals surface area contributed by atoms with Crippen LogP contribution in [0, 0.1) is 0 Å². The van der Waals surface area contributed by atoms with Crippen LogP contribution in [0.25, 0.3) is 0 Å². The molecule has 78 heavy (non-hydrogen) atoms. The van der Waals surface area contributed by atoms with Gasteiger partial charge >= 0.3 is 5.97 Å². The molecule has 30 atom stereocenters. The largest absolute Gasteiger partial charge is 0.477 e. The molecule has 0 aliphatic carbocycles. The molecule has 5 saturated heterocycles. The monoisotopic (exact) mass is 1150 g/mol. The predicted octanol–water partition coefficient (Wildman–Crippen LogP) is -13.9. The fourth-order valence-corrected chi connectivity index (χ4v) is 9.43. The Morgan fingerprint density at radius 2 is 1.09 bits per heavy atom. The van der Waals surface area contributed by atoms with Crippen LogP contribution in [0.4, 0.5) is 0 Å². The summed E-state index contributed by atoms with van der Waals surface area (Å²) in [5, 5.41) is 218. The van der Waals surface area contributed by atoms with Crippen molar-refractivity contribution in [2.24, 2.45) is 0 Å². The Morgan fingerprint density at radius 3 is 1.65 bits per heavy atom. The van der Waals surface area contributed by atoms with Gasteiger partial charge in [0, 0.05) is 20.3 Å². The smallest absolute Gasteiger partial charge is 0.364 e. The third-order valence-corrected chi connectivity index (χ3v) is 13.8. The summed E-state index contributed by atoms with van der Waals surface area (Å²) in [6.07, 6.45) is -57.3. The lowest BCUT2D eigenvalue weighted by Gasteiger charge is -2.51. The minimum atomic E-state index is -3.15. The number of carbonyl (C=O) groups excluding carboxylic acids is 2. The molecule has 0 aromatic heterocycles. The lowest BCUT2D eigenvalue weighted by atomic mass is 9.88. The summed E-state index contributed by atoms with van der Waals surface area (Å²) in [6, 6.07) is -3.72. The molecule has 0 aromatic rings. The second kappa shape index (κ2) is 28.5. The van der Waals surface area contributed by atoms with Crippen molar-refractivity contribution < 1.29 is 164 Å². The van der Waals surface area contributed by atoms with Crippen LogP contribution in [0.5, 0.6) is 0 Å². The van der Waals surface area contributed by atoms with E-state index in [9.17, 15) is 117 Å². The highest BCUT2D eigenvalue weighted by atomic mass is 16.8. The first-order valence-electron chi connectivity index (χ1n) is 24.5. The molecular formula is C43H74N2O33. The van der Waals surface area contributed by atoms with Crippen LogP contribution in [-0.2, 0) is 61.8 Å². The first-order chi connectivity index (χ1) is 36.6. The number of amides is 2. The molecule has 5 rings (SSSR count). The maximum Gasteiger partial charge on any atom is 0.364 e. The lowest BCUT2D eigenvalue weighted by Crippen LogP contribution is -2.71. The summed E-state index contributed by atoms with van der Waals surface area (Å²) >= 11 is 0. The predicted molar refractivity (Wildman–Crippen MR) is 240 cm³/mol. The normalized spacial score (nSPS) is 43.8. The highest BCUT2D eigenvalue weighted by Gasteiger charge is 2.60. The summed E-state index contributed by atoms with van der Waals surface area (Å²) in [6.45, 7) is -3.80. The van der Waals surface area contributed by atoms with Crippen molar-refractivity contribution >= 4 is 17.8 Å². The molecule has 454 valence electrons. The van der Waals surface area contributed by atoms with E-state index in [2.05, 4.69) is 10.6 Å². The van der Waals surface area contributed by atoms with Gasteiger partial charge in [0.25, 0.3) is 5.79 Å². The second-order valence-electron chi connectivity index (χ2n) is 19.4. The molecule has 35 nitrogen and oxygen atoms in total. The highest BCUT2D eigenvalue weighted by Crippen LogP contribution is 2.38. The van der Waals surface area contributed by atoms with Crippen molar-refractivity contribution in [2.75, 3.05) is 39.6 Å². The van der Waals surface area contributed by atoms with Gasteiger partial charge in [-0.1, -0.05) is 0 Å². The third-order valence-electron chi connectivity index (χ3n) is 13.8. The first kappa shape index (κ1) is 66.1. The second-order valence-corrected chi connectivity index (χ2v) is 19.4. The number of carbonyl (C=O) groups is 3. The van der Waals surface area contributed by atoms with Gasteiger partial charge < -0.3 is 160 Å². The summed E-state index contributed by atoms with van der Waals surface area (Å²) in [4.78, 5) is 38.4. The Bertz CT molecular complexity index is 1900. The van der Waals surface area contributed by atoms with Crippen LogP contribution in [0.2, 0.25) is 0 Å². The van der Waals surface area contributed by atoms with E-state index in [1.807, 2.05) is 0 Å². The molecule has 0 aromatic carbocycles. The Morgan fingerprint density at radius 1 is 0.564 bits per heavy atom. The fourth-order valence-electron chi connectivity index (χ4n) is 9.43. The third kappa shape index (κ3) is 14.7. The maximum atomic E-state index is 13.2. The van der Waals surface area contributed by atoms with Crippen molar-refractivity contribution in [3.05, 3.63) is 0 Å². The Labute approximate surface area is 442 Å². The van der Waals surface area contributed by atoms with Gasteiger partial charge in [-0.25, -0.2) is 4.79 Å². The van der Waals surface area contributed by atoms with E-state index in [0.29, 0.717) is 0 Å². The van der Waals surface area contributed by atoms with Gasteiger partial charge in [-0.15, -0.1) is 0 Å². The molecule has 0 bridgehead atoms. The number of hydrogen-bond acceptors (Lipinski definition) is 32. The van der Waals surface area contributed by atoms with E-state index >= 15 is 0 Å². The SMILES string of the molecule is CC(=O)N[C@H]1[C@H](O[C@H]2[C@@H](O)[C@@H](CO)O[C@@H](O[C@@H]([C@H](O)[C@@H](O)CO)[C@H](O)CO)[C@@H]2O)O[C@H](CO[C@]2(C(=O)O)C[C@H](O)[C@@H](NC(C)=O)[C@H]([C@H](O)[C@H](O)CO)O2)[C@@H](O)[C@@H]1O[C@@H]1O[C@H](CO)[C@H](O)[C@H](O)[C@H]1O[C@@H]1O[C@@H](C)[C@@H](O)[C@@H](O)[C@@H]1O. The van der Waals surface area contributed by atoms with Crippen molar-refractivity contribution in [1.82, 2.24) is 10.6 Å². The average Bonchev–Trinajstić information content (AvgIpc) is 3.53. The number of carboxylic acids is 1. The zero-order valence-electron chi connectivity index (χ0n) is 41.9. The number of carboxylic acid groups (broad SMARTS) is 1. The molecule has 0 spiro atoms. The summed E-state index contributed by atoms with van der Waals surface area (Å²) in [5.74, 6) is -7.06. The molecule has 5 aliphatic heterocycles. The zero-order valence-corrected chi connectivity index (χ0v) is 41.9. The van der Waals surface area contributed by atoms with E-state index in [4.69, 9.17) is 47.4 Å². The fraction of sp³-hybridized carbons (Fsp3) is 0.930. The maximum absolute atomic E-state index is 13.2. The first-order valence-corrected chi connectivity index (χ1v) is 24.5. The Kier molecular flexibility index (Phi) is 24.1. The number of aliphatic hydroxyl groups excluding tert-OH is 19. The number of hydrogen-bond donors (Lipinski definition) is 22. The van der Waals surface area contributed by atoms with E-state index < -0.39 is 247 Å². The highest BCUT2D eigenvalue weighted by molar-refractivity contribution is 5.76. The van der Waals surface area contributed by atoms with E-state index in [0.717, 1.165) is 13.8 Å². The van der Waals surface area contributed by atoms with E-state index in [-0.39, 0.29) is 0 Å².